The van der Waals surface area contributed by atoms with Gasteiger partial charge in [0.25, 0.3) is 0 Å². The Kier molecular flexibility index (Phi) is 4.18. The third-order valence-electron chi connectivity index (χ3n) is 3.34. The number of nitrogens with zero attached hydrogens (tertiary/aromatic N) is 2. The Morgan fingerprint density at radius 3 is 2.55 bits per heavy atom. The highest BCUT2D eigenvalue weighted by atomic mass is 16.5. The quantitative estimate of drug-likeness (QED) is 0.412. The van der Waals surface area contributed by atoms with Crippen molar-refractivity contribution in [2.24, 2.45) is 0 Å². The molecule has 3 rings (SSSR count). The van der Waals surface area contributed by atoms with Crippen LogP contribution in [0.1, 0.15) is 13.3 Å². The average molecular weight is 268 g/mol. The van der Waals surface area contributed by atoms with E-state index in [9.17, 15) is 0 Å². The van der Waals surface area contributed by atoms with Gasteiger partial charge in [-0.15, -0.1) is 0 Å². The van der Waals surface area contributed by atoms with Crippen LogP contribution in [-0.2, 0) is 6.54 Å². The molecule has 0 aliphatic carbocycles. The predicted octanol–water partition coefficient (Wildman–Crippen LogP) is 3.54. The SMILES string of the molecule is CCC[n+]1c2ccccc2nc2c(OC)cccc21.[CH3-]. The van der Waals surface area contributed by atoms with Gasteiger partial charge in [-0.25, -0.2) is 4.98 Å². The monoisotopic (exact) mass is 268 g/mol. The summed E-state index contributed by atoms with van der Waals surface area (Å²) < 4.78 is 7.75. The average Bonchev–Trinajstić information content (AvgIpc) is 2.46. The van der Waals surface area contributed by atoms with Gasteiger partial charge >= 0.3 is 0 Å². The first-order valence-corrected chi connectivity index (χ1v) is 6.60. The zero-order valence-electron chi connectivity index (χ0n) is 12.3. The fraction of sp³-hybridized carbons (Fsp3) is 0.235. The third-order valence-corrected chi connectivity index (χ3v) is 3.34. The maximum atomic E-state index is 5.43. The molecular weight excluding hydrogens is 248 g/mol. The van der Waals surface area contributed by atoms with Gasteiger partial charge < -0.3 is 12.2 Å². The second-order valence-electron chi connectivity index (χ2n) is 4.58. The summed E-state index contributed by atoms with van der Waals surface area (Å²) in [7, 11) is 1.69. The molecular formula is C17H20N2O. The molecule has 1 aromatic heterocycles. The van der Waals surface area contributed by atoms with E-state index in [-0.39, 0.29) is 7.43 Å². The van der Waals surface area contributed by atoms with Crippen LogP contribution in [0.2, 0.25) is 0 Å². The highest BCUT2D eigenvalue weighted by molar-refractivity contribution is 5.85. The molecule has 0 bridgehead atoms. The van der Waals surface area contributed by atoms with Crippen molar-refractivity contribution in [3.8, 4) is 5.75 Å². The molecule has 0 unspecified atom stereocenters. The van der Waals surface area contributed by atoms with Crippen LogP contribution in [0.25, 0.3) is 22.1 Å². The minimum atomic E-state index is 0. The molecule has 0 atom stereocenters. The van der Waals surface area contributed by atoms with E-state index >= 15 is 0 Å². The molecule has 0 fully saturated rings. The summed E-state index contributed by atoms with van der Waals surface area (Å²) >= 11 is 0. The van der Waals surface area contributed by atoms with Gasteiger partial charge in [-0.1, -0.05) is 25.1 Å². The fourth-order valence-corrected chi connectivity index (χ4v) is 2.51. The van der Waals surface area contributed by atoms with E-state index in [1.54, 1.807) is 7.11 Å². The van der Waals surface area contributed by atoms with Crippen molar-refractivity contribution in [2.75, 3.05) is 7.11 Å². The second-order valence-corrected chi connectivity index (χ2v) is 4.58. The van der Waals surface area contributed by atoms with E-state index in [2.05, 4.69) is 29.7 Å². The summed E-state index contributed by atoms with van der Waals surface area (Å²) in [5.41, 5.74) is 4.23. The van der Waals surface area contributed by atoms with Crippen molar-refractivity contribution in [3.63, 3.8) is 0 Å². The van der Waals surface area contributed by atoms with Crippen LogP contribution in [-0.4, -0.2) is 12.1 Å². The lowest BCUT2D eigenvalue weighted by Gasteiger charge is -2.07. The van der Waals surface area contributed by atoms with Gasteiger partial charge in [0.1, 0.15) is 12.1 Å². The molecule has 1 heterocycles. The van der Waals surface area contributed by atoms with Gasteiger partial charge in [0.15, 0.2) is 11.3 Å². The summed E-state index contributed by atoms with van der Waals surface area (Å²) in [6.45, 7) is 3.17. The molecule has 3 heteroatoms. The van der Waals surface area contributed by atoms with Crippen LogP contribution in [0.5, 0.6) is 5.75 Å². The normalized spacial score (nSPS) is 10.5. The first-order chi connectivity index (χ1) is 9.35. The molecule has 20 heavy (non-hydrogen) atoms. The maximum absolute atomic E-state index is 5.43. The number of aromatic nitrogens is 2. The second kappa shape index (κ2) is 5.87. The molecule has 0 saturated carbocycles. The van der Waals surface area contributed by atoms with Gasteiger partial charge in [0, 0.05) is 18.6 Å². The number of ether oxygens (including phenoxy) is 1. The molecule has 0 aliphatic rings. The van der Waals surface area contributed by atoms with Crippen molar-refractivity contribution in [3.05, 3.63) is 49.9 Å². The molecule has 2 aromatic carbocycles. The van der Waals surface area contributed by atoms with Crippen LogP contribution in [0.3, 0.4) is 0 Å². The van der Waals surface area contributed by atoms with Gasteiger partial charge in [0.2, 0.25) is 11.0 Å². The van der Waals surface area contributed by atoms with Gasteiger partial charge in [-0.05, 0) is 12.1 Å². The van der Waals surface area contributed by atoms with E-state index in [0.717, 1.165) is 35.3 Å². The largest absolute Gasteiger partial charge is 0.494 e. The summed E-state index contributed by atoms with van der Waals surface area (Å²) in [5, 5.41) is 0. The molecule has 3 nitrogen and oxygen atoms in total. The first-order valence-electron chi connectivity index (χ1n) is 6.60. The van der Waals surface area contributed by atoms with Crippen LogP contribution in [0.15, 0.2) is 42.5 Å². The minimum absolute atomic E-state index is 0. The zero-order valence-corrected chi connectivity index (χ0v) is 12.3. The summed E-state index contributed by atoms with van der Waals surface area (Å²) in [6.07, 6.45) is 1.09. The number of rotatable bonds is 3. The Balaban J connectivity index is 0.00000147. The lowest BCUT2D eigenvalue weighted by molar-refractivity contribution is -0.645. The minimum Gasteiger partial charge on any atom is -0.494 e. The molecule has 0 amide bonds. The van der Waals surface area contributed by atoms with Crippen molar-refractivity contribution < 1.29 is 9.30 Å². The molecule has 0 saturated heterocycles. The Labute approximate surface area is 119 Å². The first kappa shape index (κ1) is 14.3. The molecule has 0 aliphatic heterocycles. The Bertz CT molecular complexity index is 737. The maximum Gasteiger partial charge on any atom is 0.235 e. The highest BCUT2D eigenvalue weighted by Gasteiger charge is 2.17. The van der Waals surface area contributed by atoms with E-state index in [1.807, 2.05) is 24.3 Å². The highest BCUT2D eigenvalue weighted by Crippen LogP contribution is 2.23. The van der Waals surface area contributed by atoms with Gasteiger partial charge in [0.05, 0.1) is 7.11 Å². The van der Waals surface area contributed by atoms with E-state index in [1.165, 1.54) is 5.52 Å². The molecule has 0 spiro atoms. The summed E-state index contributed by atoms with van der Waals surface area (Å²) in [5.74, 6) is 0.827. The molecule has 3 aromatic rings. The lowest BCUT2D eigenvalue weighted by Crippen LogP contribution is -2.35. The summed E-state index contributed by atoms with van der Waals surface area (Å²) in [4.78, 5) is 4.75. The number of methoxy groups -OCH3 is 1. The van der Waals surface area contributed by atoms with Gasteiger partial charge in [-0.3, -0.25) is 0 Å². The Morgan fingerprint density at radius 1 is 1.05 bits per heavy atom. The number of hydrogen-bond donors (Lipinski definition) is 0. The topological polar surface area (TPSA) is 26.0 Å². The Morgan fingerprint density at radius 2 is 1.80 bits per heavy atom. The fourth-order valence-electron chi connectivity index (χ4n) is 2.51. The molecule has 0 N–H and O–H groups in total. The molecule has 104 valence electrons. The van der Waals surface area contributed by atoms with E-state index < -0.39 is 0 Å². The van der Waals surface area contributed by atoms with Crippen LogP contribution in [0, 0.1) is 7.43 Å². The van der Waals surface area contributed by atoms with Gasteiger partial charge in [-0.2, -0.15) is 4.57 Å². The number of aryl methyl sites for hydroxylation is 1. The van der Waals surface area contributed by atoms with Crippen molar-refractivity contribution in [1.29, 1.82) is 0 Å². The third kappa shape index (κ3) is 2.20. The van der Waals surface area contributed by atoms with E-state index in [0.29, 0.717) is 0 Å². The predicted molar refractivity (Wildman–Crippen MR) is 82.7 cm³/mol. The van der Waals surface area contributed by atoms with Crippen LogP contribution < -0.4 is 9.30 Å². The number of benzene rings is 2. The zero-order chi connectivity index (χ0) is 13.2. The van der Waals surface area contributed by atoms with Crippen molar-refractivity contribution in [1.82, 2.24) is 4.98 Å². The van der Waals surface area contributed by atoms with Crippen molar-refractivity contribution >= 4 is 22.1 Å². The Hall–Kier alpha value is -2.16. The lowest BCUT2D eigenvalue weighted by atomic mass is 10.2. The van der Waals surface area contributed by atoms with Crippen molar-refractivity contribution in [2.45, 2.75) is 19.9 Å². The standard InChI is InChI=1S/C16H17N2O.CH3/c1-3-11-18-13-8-5-4-7-12(13)17-16-14(18)9-6-10-15(16)19-2;/h4-10H,3,11H2,1-2H3;1H3/q+1;-1. The number of hydrogen-bond acceptors (Lipinski definition) is 2. The van der Waals surface area contributed by atoms with Crippen LogP contribution >= 0.6 is 0 Å². The van der Waals surface area contributed by atoms with Crippen LogP contribution in [0.4, 0.5) is 0 Å². The smallest absolute Gasteiger partial charge is 0.235 e. The summed E-state index contributed by atoms with van der Waals surface area (Å²) in [6, 6.07) is 14.3. The number of fused-ring (bicyclic) bond motifs is 2. The molecule has 0 radical (unpaired) electrons. The number of para-hydroxylation sites is 3. The van der Waals surface area contributed by atoms with E-state index in [4.69, 9.17) is 9.72 Å².